The van der Waals surface area contributed by atoms with Gasteiger partial charge in [0.15, 0.2) is 11.0 Å². The lowest BCUT2D eigenvalue weighted by atomic mass is 10.0. The van der Waals surface area contributed by atoms with E-state index in [4.69, 9.17) is 15.1 Å². The monoisotopic (exact) mass is 438 g/mol. The zero-order chi connectivity index (χ0) is 21.9. The normalized spacial score (nSPS) is 14.6. The van der Waals surface area contributed by atoms with Crippen LogP contribution in [0.5, 0.6) is 0 Å². The van der Waals surface area contributed by atoms with Gasteiger partial charge in [0.25, 0.3) is 0 Å². The largest absolute Gasteiger partial charge is 0.271 e. The first kappa shape index (κ1) is 20.4. The van der Waals surface area contributed by atoms with Crippen LogP contribution in [0.4, 0.5) is 0 Å². The Morgan fingerprint density at radius 1 is 0.969 bits per heavy atom. The number of rotatable bonds is 7. The molecule has 32 heavy (non-hydrogen) atoms. The Bertz CT molecular complexity index is 1240. The van der Waals surface area contributed by atoms with Crippen molar-refractivity contribution >= 4 is 11.8 Å². The first-order valence-electron chi connectivity index (χ1n) is 10.3. The van der Waals surface area contributed by atoms with Crippen molar-refractivity contribution in [1.82, 2.24) is 29.6 Å². The highest BCUT2D eigenvalue weighted by atomic mass is 32.2. The van der Waals surface area contributed by atoms with Crippen LogP contribution in [0.25, 0.3) is 22.5 Å². The summed E-state index contributed by atoms with van der Waals surface area (Å²) >= 11 is 1.54. The number of hydrogen-bond donors (Lipinski definition) is 0. The summed E-state index contributed by atoms with van der Waals surface area (Å²) in [5.74, 6) is 0.652. The lowest BCUT2D eigenvalue weighted by Crippen LogP contribution is -2.36. The van der Waals surface area contributed by atoms with E-state index in [1.165, 1.54) is 11.8 Å². The van der Waals surface area contributed by atoms with Crippen LogP contribution in [0.1, 0.15) is 11.7 Å². The van der Waals surface area contributed by atoms with Gasteiger partial charge in [0, 0.05) is 48.4 Å². The van der Waals surface area contributed by atoms with Crippen molar-refractivity contribution in [1.29, 1.82) is 0 Å². The molecule has 158 valence electrons. The predicted octanol–water partition coefficient (Wildman–Crippen LogP) is 5.09. The Balaban J connectivity index is 1.66. The minimum absolute atomic E-state index is 0.175. The molecule has 1 aliphatic heterocycles. The number of fused-ring (bicyclic) bond motifs is 2. The molecule has 1 aromatic carbocycles. The molecule has 0 amide bonds. The van der Waals surface area contributed by atoms with E-state index in [2.05, 4.69) is 41.2 Å². The maximum absolute atomic E-state index is 4.90. The average Bonchev–Trinajstić information content (AvgIpc) is 3.27. The van der Waals surface area contributed by atoms with E-state index in [0.29, 0.717) is 18.9 Å². The number of benzene rings is 1. The Morgan fingerprint density at radius 3 is 2.47 bits per heavy atom. The fraction of sp³-hybridized carbons (Fsp3) is 0.120. The molecular weight excluding hydrogens is 416 g/mol. The van der Waals surface area contributed by atoms with Crippen LogP contribution < -0.4 is 0 Å². The zero-order valence-electron chi connectivity index (χ0n) is 17.5. The summed E-state index contributed by atoms with van der Waals surface area (Å²) in [7, 11) is 0. The van der Waals surface area contributed by atoms with E-state index in [0.717, 1.165) is 32.4 Å². The minimum atomic E-state index is -0.175. The molecule has 1 unspecified atom stereocenters. The van der Waals surface area contributed by atoms with Crippen molar-refractivity contribution in [3.8, 4) is 22.5 Å². The molecule has 1 aliphatic rings. The van der Waals surface area contributed by atoms with Gasteiger partial charge < -0.3 is 0 Å². The third kappa shape index (κ3) is 3.77. The number of pyridine rings is 2. The van der Waals surface area contributed by atoms with Gasteiger partial charge in [-0.05, 0) is 35.5 Å². The third-order valence-electron chi connectivity index (χ3n) is 5.28. The fourth-order valence-electron chi connectivity index (χ4n) is 3.86. The summed E-state index contributed by atoms with van der Waals surface area (Å²) in [5.41, 5.74) is 4.18. The lowest BCUT2D eigenvalue weighted by molar-refractivity contribution is 0.180. The molecule has 0 bridgehead atoms. The highest BCUT2D eigenvalue weighted by Crippen LogP contribution is 2.42. The molecule has 0 saturated heterocycles. The summed E-state index contributed by atoms with van der Waals surface area (Å²) in [5, 5.41) is 6.64. The van der Waals surface area contributed by atoms with Gasteiger partial charge in [-0.3, -0.25) is 9.88 Å². The van der Waals surface area contributed by atoms with Crippen molar-refractivity contribution in [3.63, 3.8) is 0 Å². The van der Waals surface area contributed by atoms with E-state index in [1.54, 1.807) is 12.4 Å². The van der Waals surface area contributed by atoms with E-state index in [-0.39, 0.29) is 6.17 Å². The van der Waals surface area contributed by atoms with Gasteiger partial charge in [-0.2, -0.15) is 0 Å². The average molecular weight is 439 g/mol. The smallest absolute Gasteiger partial charge is 0.194 e. The van der Waals surface area contributed by atoms with Crippen LogP contribution >= 0.6 is 11.8 Å². The van der Waals surface area contributed by atoms with Crippen molar-refractivity contribution in [3.05, 3.63) is 98.0 Å². The fourth-order valence-corrected chi connectivity index (χ4v) is 4.79. The van der Waals surface area contributed by atoms with Crippen molar-refractivity contribution in [2.75, 3.05) is 13.1 Å². The quantitative estimate of drug-likeness (QED) is 0.375. The molecule has 0 spiro atoms. The number of nitrogens with zero attached hydrogens (tertiary/aromatic N) is 6. The Hall–Kier alpha value is -3.55. The molecule has 5 rings (SSSR count). The first-order valence-corrected chi connectivity index (χ1v) is 11.2. The van der Waals surface area contributed by atoms with E-state index >= 15 is 0 Å². The van der Waals surface area contributed by atoms with Crippen LogP contribution in [-0.4, -0.2) is 42.7 Å². The van der Waals surface area contributed by atoms with E-state index < -0.39 is 0 Å². The molecule has 4 heterocycles. The van der Waals surface area contributed by atoms with Crippen LogP contribution in [0.3, 0.4) is 0 Å². The maximum Gasteiger partial charge on any atom is 0.194 e. The second-order valence-corrected chi connectivity index (χ2v) is 8.35. The van der Waals surface area contributed by atoms with Gasteiger partial charge in [0.05, 0.1) is 0 Å². The van der Waals surface area contributed by atoms with E-state index in [1.807, 2.05) is 53.4 Å². The molecule has 1 atom stereocenters. The van der Waals surface area contributed by atoms with Gasteiger partial charge in [-0.1, -0.05) is 42.5 Å². The maximum atomic E-state index is 4.90. The van der Waals surface area contributed by atoms with Crippen LogP contribution in [0.2, 0.25) is 0 Å². The molecular formula is C25H22N6S. The summed E-state index contributed by atoms with van der Waals surface area (Å²) in [6.45, 7) is 9.27. The third-order valence-corrected chi connectivity index (χ3v) is 6.27. The molecule has 4 aromatic rings. The summed E-state index contributed by atoms with van der Waals surface area (Å²) in [4.78, 5) is 16.1. The minimum Gasteiger partial charge on any atom is -0.271 e. The second-order valence-electron chi connectivity index (χ2n) is 7.40. The standard InChI is InChI=1S/C25H22N6S/c1-3-13-30(14-4-2)24-21-15-20(18-9-6-5-7-10-18)17-27-23(21)32-25-28-22(29-31(24)25)19-11-8-12-26-16-19/h3-12,15-17,24H,1-2,13-14H2. The van der Waals surface area contributed by atoms with Gasteiger partial charge in [-0.25, -0.2) is 14.6 Å². The van der Waals surface area contributed by atoms with Gasteiger partial charge in [0.1, 0.15) is 11.2 Å². The topological polar surface area (TPSA) is 59.7 Å². The Morgan fingerprint density at radius 2 is 1.75 bits per heavy atom. The van der Waals surface area contributed by atoms with Gasteiger partial charge in [0.2, 0.25) is 0 Å². The molecule has 0 aliphatic carbocycles. The molecule has 6 nitrogen and oxygen atoms in total. The highest BCUT2D eigenvalue weighted by Gasteiger charge is 2.34. The lowest BCUT2D eigenvalue weighted by Gasteiger charge is -2.34. The summed E-state index contributed by atoms with van der Waals surface area (Å²) < 4.78 is 1.98. The van der Waals surface area contributed by atoms with Crippen molar-refractivity contribution in [2.45, 2.75) is 16.3 Å². The number of hydrogen-bond acceptors (Lipinski definition) is 6. The summed E-state index contributed by atoms with van der Waals surface area (Å²) in [6.07, 6.45) is 9.09. The second kappa shape index (κ2) is 8.90. The van der Waals surface area contributed by atoms with Gasteiger partial charge in [-0.15, -0.1) is 18.3 Å². The highest BCUT2D eigenvalue weighted by molar-refractivity contribution is 7.99. The predicted molar refractivity (Wildman–Crippen MR) is 127 cm³/mol. The molecule has 0 fully saturated rings. The summed E-state index contributed by atoms with van der Waals surface area (Å²) in [6, 6.07) is 16.4. The Labute approximate surface area is 191 Å². The molecule has 0 N–H and O–H groups in total. The molecule has 0 saturated carbocycles. The number of aromatic nitrogens is 5. The van der Waals surface area contributed by atoms with E-state index in [9.17, 15) is 0 Å². The van der Waals surface area contributed by atoms with Crippen LogP contribution in [-0.2, 0) is 0 Å². The Kier molecular flexibility index (Phi) is 5.66. The van der Waals surface area contributed by atoms with Crippen LogP contribution in [0.15, 0.2) is 103 Å². The first-order chi connectivity index (χ1) is 15.8. The zero-order valence-corrected chi connectivity index (χ0v) is 18.3. The molecule has 0 radical (unpaired) electrons. The van der Waals surface area contributed by atoms with Crippen molar-refractivity contribution in [2.24, 2.45) is 0 Å². The van der Waals surface area contributed by atoms with Crippen LogP contribution in [0, 0.1) is 0 Å². The van der Waals surface area contributed by atoms with Gasteiger partial charge >= 0.3 is 0 Å². The molecule has 3 aromatic heterocycles. The SMILES string of the molecule is C=CCN(CC=C)C1c2cc(-c3ccccc3)cnc2Sc2nc(-c3cccnc3)nn21. The molecule has 7 heteroatoms. The van der Waals surface area contributed by atoms with Crippen molar-refractivity contribution < 1.29 is 0 Å².